The summed E-state index contributed by atoms with van der Waals surface area (Å²) in [7, 11) is 2.73. The largest absolute Gasteiger partial charge is 0.481 e. The number of benzene rings is 2. The van der Waals surface area contributed by atoms with Crippen LogP contribution in [0.3, 0.4) is 0 Å². The van der Waals surface area contributed by atoms with Gasteiger partial charge in [0.15, 0.2) is 18.2 Å². The van der Waals surface area contributed by atoms with Gasteiger partial charge < -0.3 is 19.7 Å². The molecule has 1 fully saturated rings. The molecular formula is C28H21F2N5O7. The van der Waals surface area contributed by atoms with Gasteiger partial charge in [-0.1, -0.05) is 6.07 Å². The molecule has 1 atom stereocenters. The summed E-state index contributed by atoms with van der Waals surface area (Å²) in [5, 5.41) is 5.07. The fourth-order valence-electron chi connectivity index (χ4n) is 5.22. The number of likely N-dealkylation sites (N-methyl/N-ethyl adjacent to an activating group) is 1. The number of hydrogen-bond donors (Lipinski definition) is 2. The fourth-order valence-corrected chi connectivity index (χ4v) is 5.22. The van der Waals surface area contributed by atoms with E-state index < -0.39 is 53.8 Å². The van der Waals surface area contributed by atoms with Gasteiger partial charge in [0.25, 0.3) is 17.7 Å². The summed E-state index contributed by atoms with van der Waals surface area (Å²) in [6.07, 6.45) is 0.762. The molecule has 1 aromatic heterocycles. The summed E-state index contributed by atoms with van der Waals surface area (Å²) in [5.41, 5.74) is -0.688. The monoisotopic (exact) mass is 577 g/mol. The Hall–Kier alpha value is -5.40. The molecule has 0 radical (unpaired) electrons. The van der Waals surface area contributed by atoms with Crippen molar-refractivity contribution < 1.29 is 42.2 Å². The van der Waals surface area contributed by atoms with Gasteiger partial charge in [-0.3, -0.25) is 34.2 Å². The number of nitrogens with one attached hydrogen (secondary N) is 2. The highest BCUT2D eigenvalue weighted by molar-refractivity contribution is 6.25. The third-order valence-corrected chi connectivity index (χ3v) is 7.32. The smallest absolute Gasteiger partial charge is 0.264 e. The minimum Gasteiger partial charge on any atom is -0.481 e. The van der Waals surface area contributed by atoms with E-state index in [1.54, 1.807) is 0 Å². The van der Waals surface area contributed by atoms with Gasteiger partial charge in [-0.2, -0.15) is 0 Å². The number of carbonyl (C=O) groups is 5. The number of pyridine rings is 1. The van der Waals surface area contributed by atoms with Gasteiger partial charge >= 0.3 is 0 Å². The number of halogens is 2. The lowest BCUT2D eigenvalue weighted by Gasteiger charge is -2.29. The summed E-state index contributed by atoms with van der Waals surface area (Å²) in [5.74, 6) is -5.49. The van der Waals surface area contributed by atoms with Gasteiger partial charge in [-0.15, -0.1) is 0 Å². The van der Waals surface area contributed by atoms with E-state index in [-0.39, 0.29) is 63.8 Å². The van der Waals surface area contributed by atoms with Crippen molar-refractivity contribution in [2.75, 3.05) is 31.0 Å². The molecule has 4 heterocycles. The Morgan fingerprint density at radius 1 is 1.05 bits per heavy atom. The number of imide groups is 2. The Kier molecular flexibility index (Phi) is 6.32. The molecular weight excluding hydrogens is 556 g/mol. The first-order chi connectivity index (χ1) is 20.1. The molecule has 3 aliphatic rings. The molecule has 0 bridgehead atoms. The summed E-state index contributed by atoms with van der Waals surface area (Å²) in [6, 6.07) is 5.66. The number of nitrogens with zero attached hydrogens (tertiary/aromatic N) is 3. The highest BCUT2D eigenvalue weighted by Crippen LogP contribution is 2.46. The number of aromatic nitrogens is 1. The third-order valence-electron chi connectivity index (χ3n) is 7.32. The highest BCUT2D eigenvalue weighted by Gasteiger charge is 2.45. The second-order valence-electron chi connectivity index (χ2n) is 9.71. The van der Waals surface area contributed by atoms with Crippen LogP contribution < -0.4 is 25.0 Å². The van der Waals surface area contributed by atoms with E-state index in [4.69, 9.17) is 9.47 Å². The van der Waals surface area contributed by atoms with Gasteiger partial charge in [-0.25, -0.2) is 13.8 Å². The Balaban J connectivity index is 1.49. The maximum atomic E-state index is 16.2. The Bertz CT molecular complexity index is 1740. The Morgan fingerprint density at radius 3 is 2.57 bits per heavy atom. The van der Waals surface area contributed by atoms with Gasteiger partial charge in [0.05, 0.1) is 41.5 Å². The Morgan fingerprint density at radius 2 is 1.83 bits per heavy atom. The van der Waals surface area contributed by atoms with Gasteiger partial charge in [0, 0.05) is 30.7 Å². The number of carbonyl (C=O) groups excluding carboxylic acids is 5. The van der Waals surface area contributed by atoms with E-state index in [0.29, 0.717) is 0 Å². The number of piperidine rings is 1. The number of methoxy groups -OCH3 is 1. The summed E-state index contributed by atoms with van der Waals surface area (Å²) >= 11 is 0. The van der Waals surface area contributed by atoms with Crippen molar-refractivity contribution in [3.8, 4) is 22.8 Å². The quantitative estimate of drug-likeness (QED) is 0.437. The maximum absolute atomic E-state index is 16.2. The molecule has 42 heavy (non-hydrogen) atoms. The molecule has 0 saturated carbocycles. The second-order valence-corrected chi connectivity index (χ2v) is 9.71. The van der Waals surface area contributed by atoms with Crippen LogP contribution in [0, 0.1) is 11.6 Å². The molecule has 1 saturated heterocycles. The molecule has 0 spiro atoms. The zero-order valence-corrected chi connectivity index (χ0v) is 22.1. The van der Waals surface area contributed by atoms with Gasteiger partial charge in [0.1, 0.15) is 11.9 Å². The topological polar surface area (TPSA) is 147 Å². The predicted octanol–water partition coefficient (Wildman–Crippen LogP) is 2.54. The van der Waals surface area contributed by atoms with Crippen molar-refractivity contribution in [1.29, 1.82) is 0 Å². The molecule has 214 valence electrons. The zero-order chi connectivity index (χ0) is 29.9. The van der Waals surface area contributed by atoms with Crippen LogP contribution in [0.25, 0.3) is 11.1 Å². The lowest BCUT2D eigenvalue weighted by atomic mass is 9.99. The minimum atomic E-state index is -1.20. The van der Waals surface area contributed by atoms with Gasteiger partial charge in [-0.05, 0) is 24.6 Å². The van der Waals surface area contributed by atoms with Crippen LogP contribution in [0.2, 0.25) is 0 Å². The third kappa shape index (κ3) is 4.10. The molecule has 3 aromatic rings. The molecule has 0 aliphatic carbocycles. The highest BCUT2D eigenvalue weighted by atomic mass is 19.1. The number of anilines is 3. The van der Waals surface area contributed by atoms with E-state index in [9.17, 15) is 24.0 Å². The number of ether oxygens (including phenoxy) is 2. The van der Waals surface area contributed by atoms with Crippen molar-refractivity contribution >= 4 is 46.6 Å². The van der Waals surface area contributed by atoms with Crippen LogP contribution in [0.5, 0.6) is 11.6 Å². The molecule has 12 nitrogen and oxygen atoms in total. The van der Waals surface area contributed by atoms with Crippen molar-refractivity contribution in [3.05, 3.63) is 59.3 Å². The van der Waals surface area contributed by atoms with E-state index >= 15 is 8.78 Å². The van der Waals surface area contributed by atoms with E-state index in [0.717, 1.165) is 11.1 Å². The molecule has 2 aromatic carbocycles. The average Bonchev–Trinajstić information content (AvgIpc) is 3.22. The SMILES string of the molecule is COc1cc(-c2c(Nc3cccc4c3C(=O)N([C@H]3CCC(=O)NC3=O)C4=O)cc3c(c2F)OCC(=O)N3C)c(F)cn1. The number of amides is 5. The van der Waals surface area contributed by atoms with Crippen LogP contribution in [0.4, 0.5) is 25.8 Å². The van der Waals surface area contributed by atoms with Crippen LogP contribution >= 0.6 is 0 Å². The van der Waals surface area contributed by atoms with E-state index in [2.05, 4.69) is 15.6 Å². The Labute approximate surface area is 236 Å². The molecule has 0 unspecified atom stereocenters. The predicted molar refractivity (Wildman–Crippen MR) is 141 cm³/mol. The summed E-state index contributed by atoms with van der Waals surface area (Å²) < 4.78 is 41.8. The first kappa shape index (κ1) is 26.8. The van der Waals surface area contributed by atoms with Crippen molar-refractivity contribution in [3.63, 3.8) is 0 Å². The lowest BCUT2D eigenvalue weighted by molar-refractivity contribution is -0.136. The molecule has 14 heteroatoms. The summed E-state index contributed by atoms with van der Waals surface area (Å²) in [4.78, 5) is 69.1. The maximum Gasteiger partial charge on any atom is 0.264 e. The number of rotatable bonds is 5. The average molecular weight is 578 g/mol. The van der Waals surface area contributed by atoms with Crippen LogP contribution in [-0.4, -0.2) is 66.2 Å². The second kappa shape index (κ2) is 9.90. The minimum absolute atomic E-state index is 0.0102. The van der Waals surface area contributed by atoms with E-state index in [1.165, 1.54) is 49.4 Å². The number of hydrogen-bond acceptors (Lipinski definition) is 9. The zero-order valence-electron chi connectivity index (χ0n) is 22.1. The normalized spacial score (nSPS) is 18.0. The summed E-state index contributed by atoms with van der Waals surface area (Å²) in [6.45, 7) is -0.437. The van der Waals surface area contributed by atoms with Crippen LogP contribution in [0.15, 0.2) is 36.5 Å². The fraction of sp³-hybridized carbons (Fsp3) is 0.214. The van der Waals surface area contributed by atoms with Crippen molar-refractivity contribution in [1.82, 2.24) is 15.2 Å². The van der Waals surface area contributed by atoms with Crippen LogP contribution in [-0.2, 0) is 14.4 Å². The first-order valence-electron chi connectivity index (χ1n) is 12.7. The van der Waals surface area contributed by atoms with Crippen molar-refractivity contribution in [2.24, 2.45) is 0 Å². The molecule has 2 N–H and O–H groups in total. The molecule has 6 rings (SSSR count). The van der Waals surface area contributed by atoms with Crippen LogP contribution in [0.1, 0.15) is 33.6 Å². The molecule has 3 aliphatic heterocycles. The van der Waals surface area contributed by atoms with Gasteiger partial charge in [0.2, 0.25) is 17.7 Å². The van der Waals surface area contributed by atoms with E-state index in [1.807, 2.05) is 0 Å². The van der Waals surface area contributed by atoms with Crippen molar-refractivity contribution in [2.45, 2.75) is 18.9 Å². The molecule has 5 amide bonds. The lowest BCUT2D eigenvalue weighted by Crippen LogP contribution is -2.54. The number of fused-ring (bicyclic) bond motifs is 2. The first-order valence-corrected chi connectivity index (χ1v) is 12.7. The standard InChI is InChI=1S/C28H21F2N5O7/c1-34-18-9-16(22(24(30)25(18)42-11-21(34)37)13-8-20(41-2)31-10-14(13)29)32-15-5-3-4-12-23(15)28(40)35(27(12)39)17-6-7-19(36)33-26(17)38/h3-5,8-10,17,32H,6-7,11H2,1-2H3,(H,33,36,38)/t17-/m0/s1.